The van der Waals surface area contributed by atoms with Gasteiger partial charge >= 0.3 is 15.5 Å². The minimum atomic E-state index is -5.53. The van der Waals surface area contributed by atoms with Crippen LogP contribution in [0.1, 0.15) is 12.5 Å². The second kappa shape index (κ2) is 6.75. The number of sulfonamides is 1. The summed E-state index contributed by atoms with van der Waals surface area (Å²) >= 11 is 0. The van der Waals surface area contributed by atoms with Gasteiger partial charge in [0.05, 0.1) is 6.04 Å². The highest BCUT2D eigenvalue weighted by molar-refractivity contribution is 7.90. The van der Waals surface area contributed by atoms with E-state index in [1.807, 2.05) is 0 Å². The lowest BCUT2D eigenvalue weighted by molar-refractivity contribution is -0.0451. The monoisotopic (exact) mass is 348 g/mol. The molecule has 0 saturated heterocycles. The summed E-state index contributed by atoms with van der Waals surface area (Å²) in [6.45, 7) is 0.259. The quantitative estimate of drug-likeness (QED) is 0.766. The van der Waals surface area contributed by atoms with Gasteiger partial charge in [0.25, 0.3) is 0 Å². The molecule has 0 saturated carbocycles. The van der Waals surface area contributed by atoms with Gasteiger partial charge in [-0.3, -0.25) is 0 Å². The second-order valence-corrected chi connectivity index (χ2v) is 6.06. The summed E-state index contributed by atoms with van der Waals surface area (Å²) in [6.07, 6.45) is 0. The van der Waals surface area contributed by atoms with Crippen molar-refractivity contribution in [1.82, 2.24) is 4.72 Å². The molecule has 22 heavy (non-hydrogen) atoms. The summed E-state index contributed by atoms with van der Waals surface area (Å²) in [5.41, 5.74) is -0.297. The molecule has 0 aromatic heterocycles. The average molecular weight is 348 g/mol. The van der Waals surface area contributed by atoms with Crippen LogP contribution in [0.5, 0.6) is 5.75 Å². The standard InChI is InChI=1S/C11H13F5N2O3S/c1-6(18-22(19,20)11(14,15)16)5-21-10-2-7(4-17)8(12)3-9(10)13/h2-3,6,18H,4-5,17H2,1H3/t6-/m0/s1. The van der Waals surface area contributed by atoms with Gasteiger partial charge in [-0.25, -0.2) is 21.9 Å². The summed E-state index contributed by atoms with van der Waals surface area (Å²) in [4.78, 5) is 0. The smallest absolute Gasteiger partial charge is 0.489 e. The van der Waals surface area contributed by atoms with Crippen molar-refractivity contribution in [2.75, 3.05) is 6.61 Å². The predicted molar refractivity (Wildman–Crippen MR) is 67.3 cm³/mol. The van der Waals surface area contributed by atoms with Crippen molar-refractivity contribution >= 4 is 10.0 Å². The van der Waals surface area contributed by atoms with E-state index in [-0.39, 0.29) is 12.1 Å². The maximum Gasteiger partial charge on any atom is 0.511 e. The van der Waals surface area contributed by atoms with Crippen LogP contribution >= 0.6 is 0 Å². The summed E-state index contributed by atoms with van der Waals surface area (Å²) in [7, 11) is -5.53. The van der Waals surface area contributed by atoms with E-state index in [1.54, 1.807) is 0 Å². The van der Waals surface area contributed by atoms with Crippen molar-refractivity contribution in [2.45, 2.75) is 25.0 Å². The average Bonchev–Trinajstić information content (AvgIpc) is 2.35. The number of benzene rings is 1. The van der Waals surface area contributed by atoms with Crippen LogP contribution in [0.25, 0.3) is 0 Å². The van der Waals surface area contributed by atoms with Crippen LogP contribution in [0.3, 0.4) is 0 Å². The molecule has 1 aromatic carbocycles. The molecule has 0 unspecified atom stereocenters. The van der Waals surface area contributed by atoms with Gasteiger partial charge in [0, 0.05) is 18.2 Å². The molecule has 11 heteroatoms. The zero-order valence-corrected chi connectivity index (χ0v) is 12.1. The number of nitrogens with two attached hydrogens (primary N) is 1. The lowest BCUT2D eigenvalue weighted by Gasteiger charge is -2.17. The fourth-order valence-corrected chi connectivity index (χ4v) is 2.15. The first-order valence-corrected chi connectivity index (χ1v) is 7.35. The molecule has 0 radical (unpaired) electrons. The van der Waals surface area contributed by atoms with Crippen LogP contribution in [0.2, 0.25) is 0 Å². The van der Waals surface area contributed by atoms with E-state index in [0.29, 0.717) is 6.07 Å². The van der Waals surface area contributed by atoms with Gasteiger partial charge < -0.3 is 10.5 Å². The Kier molecular flexibility index (Phi) is 5.70. The number of halogens is 5. The predicted octanol–water partition coefficient (Wildman–Crippen LogP) is 1.63. The Bertz CT molecular complexity index is 633. The molecule has 0 aliphatic carbocycles. The molecular formula is C11H13F5N2O3S. The molecule has 5 nitrogen and oxygen atoms in total. The van der Waals surface area contributed by atoms with Crippen molar-refractivity contribution in [3.8, 4) is 5.75 Å². The van der Waals surface area contributed by atoms with E-state index in [2.05, 4.69) is 0 Å². The van der Waals surface area contributed by atoms with Crippen molar-refractivity contribution in [2.24, 2.45) is 5.73 Å². The molecule has 126 valence electrons. The number of nitrogens with one attached hydrogen (secondary N) is 1. The number of hydrogen-bond donors (Lipinski definition) is 2. The highest BCUT2D eigenvalue weighted by atomic mass is 32.2. The van der Waals surface area contributed by atoms with Crippen LogP contribution in [0.4, 0.5) is 22.0 Å². The zero-order chi connectivity index (χ0) is 17.1. The molecule has 0 spiro atoms. The molecule has 1 rings (SSSR count). The molecule has 0 aliphatic heterocycles. The first kappa shape index (κ1) is 18.6. The Morgan fingerprint density at radius 3 is 2.36 bits per heavy atom. The summed E-state index contributed by atoms with van der Waals surface area (Å²) in [6, 6.07) is 0.176. The van der Waals surface area contributed by atoms with Crippen molar-refractivity contribution in [1.29, 1.82) is 0 Å². The molecule has 0 fully saturated rings. The fourth-order valence-electron chi connectivity index (χ4n) is 1.42. The van der Waals surface area contributed by atoms with Gasteiger partial charge in [-0.05, 0) is 13.0 Å². The highest BCUT2D eigenvalue weighted by Crippen LogP contribution is 2.23. The van der Waals surface area contributed by atoms with Gasteiger partial charge in [0.1, 0.15) is 12.4 Å². The SMILES string of the molecule is C[C@@H](COc1cc(CN)c(F)cc1F)NS(=O)(=O)C(F)(F)F. The Labute approximate surface area is 123 Å². The molecule has 0 heterocycles. The van der Waals surface area contributed by atoms with Crippen molar-refractivity contribution in [3.05, 3.63) is 29.3 Å². The van der Waals surface area contributed by atoms with Crippen molar-refractivity contribution < 1.29 is 35.1 Å². The Balaban J connectivity index is 2.75. The molecule has 0 bridgehead atoms. The van der Waals surface area contributed by atoms with E-state index in [4.69, 9.17) is 10.5 Å². The van der Waals surface area contributed by atoms with Crippen LogP contribution in [-0.2, 0) is 16.6 Å². The van der Waals surface area contributed by atoms with Crippen LogP contribution in [-0.4, -0.2) is 26.6 Å². The zero-order valence-electron chi connectivity index (χ0n) is 11.2. The molecule has 1 aromatic rings. The third kappa shape index (κ3) is 4.52. The van der Waals surface area contributed by atoms with E-state index >= 15 is 0 Å². The molecule has 1 atom stereocenters. The Hall–Kier alpha value is -1.46. The molecule has 0 amide bonds. The van der Waals surface area contributed by atoms with Gasteiger partial charge in [-0.15, -0.1) is 0 Å². The van der Waals surface area contributed by atoms with E-state index in [1.165, 1.54) is 4.72 Å². The largest absolute Gasteiger partial charge is 0.511 e. The summed E-state index contributed by atoms with van der Waals surface area (Å²) in [5, 5.41) is 0. The van der Waals surface area contributed by atoms with E-state index < -0.39 is 45.6 Å². The number of hydrogen-bond acceptors (Lipinski definition) is 4. The third-order valence-electron chi connectivity index (χ3n) is 2.47. The highest BCUT2D eigenvalue weighted by Gasteiger charge is 2.46. The maximum absolute atomic E-state index is 13.4. The number of ether oxygens (including phenoxy) is 1. The van der Waals surface area contributed by atoms with E-state index in [0.717, 1.165) is 13.0 Å². The van der Waals surface area contributed by atoms with Gasteiger partial charge in [-0.2, -0.15) is 13.2 Å². The lowest BCUT2D eigenvalue weighted by atomic mass is 10.2. The van der Waals surface area contributed by atoms with Crippen molar-refractivity contribution in [3.63, 3.8) is 0 Å². The molecular weight excluding hydrogens is 335 g/mol. The second-order valence-electron chi connectivity index (χ2n) is 4.36. The van der Waals surface area contributed by atoms with E-state index in [9.17, 15) is 30.4 Å². The number of rotatable bonds is 6. The minimum Gasteiger partial charge on any atom is -0.489 e. The van der Waals surface area contributed by atoms with Crippen LogP contribution in [0, 0.1) is 11.6 Å². The lowest BCUT2D eigenvalue weighted by Crippen LogP contribution is -2.43. The first-order valence-electron chi connectivity index (χ1n) is 5.87. The fraction of sp³-hybridized carbons (Fsp3) is 0.455. The summed E-state index contributed by atoms with van der Waals surface area (Å²) in [5.74, 6) is -2.42. The topological polar surface area (TPSA) is 81.4 Å². The minimum absolute atomic E-state index is 0.0556. The third-order valence-corrected chi connectivity index (χ3v) is 3.79. The van der Waals surface area contributed by atoms with Gasteiger partial charge in [0.2, 0.25) is 0 Å². The number of alkyl halides is 3. The normalized spacial score (nSPS) is 14.0. The van der Waals surface area contributed by atoms with Gasteiger partial charge in [-0.1, -0.05) is 0 Å². The van der Waals surface area contributed by atoms with Crippen LogP contribution in [0.15, 0.2) is 12.1 Å². The van der Waals surface area contributed by atoms with Gasteiger partial charge in [0.15, 0.2) is 11.6 Å². The first-order chi connectivity index (χ1) is 9.98. The summed E-state index contributed by atoms with van der Waals surface area (Å²) < 4.78 is 91.0. The maximum atomic E-state index is 13.4. The molecule has 3 N–H and O–H groups in total. The van der Waals surface area contributed by atoms with Crippen LogP contribution < -0.4 is 15.2 Å². The Morgan fingerprint density at radius 2 is 1.86 bits per heavy atom. The molecule has 0 aliphatic rings. The Morgan fingerprint density at radius 1 is 1.27 bits per heavy atom.